The van der Waals surface area contributed by atoms with E-state index in [2.05, 4.69) is 18.7 Å². The molecule has 1 fully saturated rings. The van der Waals surface area contributed by atoms with E-state index in [-0.39, 0.29) is 17.9 Å². The first-order valence-electron chi connectivity index (χ1n) is 8.01. The van der Waals surface area contributed by atoms with Crippen LogP contribution in [0.2, 0.25) is 0 Å². The fourth-order valence-electron chi connectivity index (χ4n) is 2.45. The minimum absolute atomic E-state index is 0.0610. The normalized spacial score (nSPS) is 17.2. The van der Waals surface area contributed by atoms with Crippen molar-refractivity contribution in [2.75, 3.05) is 45.8 Å². The van der Waals surface area contributed by atoms with Gasteiger partial charge in [-0.15, -0.1) is 0 Å². The zero-order valence-electron chi connectivity index (χ0n) is 13.7. The molecule has 1 saturated heterocycles. The summed E-state index contributed by atoms with van der Waals surface area (Å²) >= 11 is 0. The van der Waals surface area contributed by atoms with E-state index in [1.807, 2.05) is 16.7 Å². The quantitative estimate of drug-likeness (QED) is 0.725. The van der Waals surface area contributed by atoms with Crippen LogP contribution >= 0.6 is 0 Å². The molecule has 0 radical (unpaired) electrons. The first-order valence-corrected chi connectivity index (χ1v) is 8.01. The molecule has 1 unspecified atom stereocenters. The summed E-state index contributed by atoms with van der Waals surface area (Å²) in [5, 5.41) is 0. The lowest BCUT2D eigenvalue weighted by Gasteiger charge is -2.35. The Bertz CT molecular complexity index is 335. The van der Waals surface area contributed by atoms with Crippen LogP contribution in [-0.4, -0.2) is 78.4 Å². The van der Waals surface area contributed by atoms with Crippen LogP contribution in [0.4, 0.5) is 0 Å². The number of hydrogen-bond acceptors (Lipinski definition) is 4. The van der Waals surface area contributed by atoms with E-state index in [1.54, 1.807) is 0 Å². The van der Waals surface area contributed by atoms with Crippen LogP contribution in [0, 0.1) is 0 Å². The van der Waals surface area contributed by atoms with Crippen molar-refractivity contribution in [2.45, 2.75) is 39.7 Å². The molecule has 0 saturated carbocycles. The molecule has 0 aromatic carbocycles. The van der Waals surface area contributed by atoms with Crippen molar-refractivity contribution >= 4 is 11.8 Å². The van der Waals surface area contributed by atoms with Crippen LogP contribution in [-0.2, 0) is 9.59 Å². The predicted molar refractivity (Wildman–Crippen MR) is 83.8 cm³/mol. The van der Waals surface area contributed by atoms with Crippen LogP contribution < -0.4 is 5.73 Å². The molecule has 1 atom stereocenters. The average Bonchev–Trinajstić information content (AvgIpc) is 2.50. The lowest BCUT2D eigenvalue weighted by molar-refractivity contribution is -0.140. The fourth-order valence-corrected chi connectivity index (χ4v) is 2.45. The number of nitrogens with two attached hydrogens (primary N) is 1. The summed E-state index contributed by atoms with van der Waals surface area (Å²) in [4.78, 5) is 30.0. The van der Waals surface area contributed by atoms with Crippen LogP contribution in [0.3, 0.4) is 0 Å². The predicted octanol–water partition coefficient (Wildman–Crippen LogP) is 0.126. The van der Waals surface area contributed by atoms with Gasteiger partial charge in [0.1, 0.15) is 0 Å². The maximum atomic E-state index is 12.2. The van der Waals surface area contributed by atoms with Crippen molar-refractivity contribution < 1.29 is 9.59 Å². The van der Waals surface area contributed by atoms with E-state index < -0.39 is 0 Å². The lowest BCUT2D eigenvalue weighted by Crippen LogP contribution is -2.52. The molecule has 2 N–H and O–H groups in total. The van der Waals surface area contributed by atoms with Crippen molar-refractivity contribution in [2.24, 2.45) is 5.73 Å². The van der Waals surface area contributed by atoms with Gasteiger partial charge in [-0.05, 0) is 26.4 Å². The first kappa shape index (κ1) is 17.9. The average molecular weight is 298 g/mol. The third-order valence-electron chi connectivity index (χ3n) is 4.05. The molecule has 0 aromatic heterocycles. The molecule has 1 aliphatic heterocycles. The first-order chi connectivity index (χ1) is 9.97. The molecule has 1 rings (SSSR count). The van der Waals surface area contributed by atoms with E-state index in [0.717, 1.165) is 19.5 Å². The molecule has 122 valence electrons. The highest BCUT2D eigenvalue weighted by Crippen LogP contribution is 2.07. The van der Waals surface area contributed by atoms with Crippen molar-refractivity contribution in [1.29, 1.82) is 0 Å². The summed E-state index contributed by atoms with van der Waals surface area (Å²) in [6, 6.07) is 0.0610. The molecule has 0 aromatic rings. The van der Waals surface area contributed by atoms with Crippen LogP contribution in [0.25, 0.3) is 0 Å². The maximum Gasteiger partial charge on any atom is 0.236 e. The van der Waals surface area contributed by atoms with Crippen LogP contribution in [0.5, 0.6) is 0 Å². The molecule has 0 bridgehead atoms. The van der Waals surface area contributed by atoms with Gasteiger partial charge < -0.3 is 15.5 Å². The minimum atomic E-state index is 0.0610. The molecule has 0 spiro atoms. The molecule has 2 amide bonds. The fraction of sp³-hybridized carbons (Fsp3) is 0.867. The monoisotopic (exact) mass is 298 g/mol. The second kappa shape index (κ2) is 9.00. The molecule has 1 aliphatic rings. The number of rotatable bonds is 7. The van der Waals surface area contributed by atoms with Gasteiger partial charge in [0.05, 0.1) is 6.54 Å². The van der Waals surface area contributed by atoms with Crippen molar-refractivity contribution in [3.63, 3.8) is 0 Å². The Morgan fingerprint density at radius 2 is 1.52 bits per heavy atom. The number of likely N-dealkylation sites (N-methyl/N-ethyl adjacent to an activating group) is 1. The number of piperazine rings is 1. The Morgan fingerprint density at radius 1 is 1.05 bits per heavy atom. The number of hydrogen-bond donors (Lipinski definition) is 1. The maximum absolute atomic E-state index is 12.2. The van der Waals surface area contributed by atoms with Crippen LogP contribution in [0.15, 0.2) is 0 Å². The van der Waals surface area contributed by atoms with Crippen molar-refractivity contribution in [1.82, 2.24) is 14.7 Å². The van der Waals surface area contributed by atoms with Gasteiger partial charge >= 0.3 is 0 Å². The van der Waals surface area contributed by atoms with E-state index in [4.69, 9.17) is 5.73 Å². The van der Waals surface area contributed by atoms with Gasteiger partial charge in [0.25, 0.3) is 0 Å². The summed E-state index contributed by atoms with van der Waals surface area (Å²) in [5.41, 5.74) is 5.68. The van der Waals surface area contributed by atoms with Gasteiger partial charge in [0.2, 0.25) is 11.8 Å². The third kappa shape index (κ3) is 6.01. The molecular weight excluding hydrogens is 268 g/mol. The highest BCUT2D eigenvalue weighted by Gasteiger charge is 2.24. The SMILES string of the molecule is CCN(CC)CC(=O)N1CCN(C(=O)CCC(C)N)CC1. The Morgan fingerprint density at radius 3 is 1.95 bits per heavy atom. The standard InChI is InChI=1S/C15H30N4O2/c1-4-17(5-2)12-15(21)19-10-8-18(9-11-19)14(20)7-6-13(3)16/h13H,4-12,16H2,1-3H3. The van der Waals surface area contributed by atoms with Crippen molar-refractivity contribution in [3.8, 4) is 0 Å². The third-order valence-corrected chi connectivity index (χ3v) is 4.05. The van der Waals surface area contributed by atoms with Gasteiger partial charge in [-0.1, -0.05) is 13.8 Å². The van der Waals surface area contributed by atoms with Gasteiger partial charge in [-0.3, -0.25) is 14.5 Å². The molecular formula is C15H30N4O2. The number of amides is 2. The summed E-state index contributed by atoms with van der Waals surface area (Å²) in [5.74, 6) is 0.324. The summed E-state index contributed by atoms with van der Waals surface area (Å²) in [7, 11) is 0. The second-order valence-corrected chi connectivity index (χ2v) is 5.74. The molecule has 0 aliphatic carbocycles. The highest BCUT2D eigenvalue weighted by atomic mass is 16.2. The van der Waals surface area contributed by atoms with Gasteiger partial charge in [-0.2, -0.15) is 0 Å². The zero-order chi connectivity index (χ0) is 15.8. The molecule has 21 heavy (non-hydrogen) atoms. The Balaban J connectivity index is 2.34. The highest BCUT2D eigenvalue weighted by molar-refractivity contribution is 5.79. The number of nitrogens with zero attached hydrogens (tertiary/aromatic N) is 3. The number of carbonyl (C=O) groups is 2. The van der Waals surface area contributed by atoms with Crippen molar-refractivity contribution in [3.05, 3.63) is 0 Å². The minimum Gasteiger partial charge on any atom is -0.339 e. The van der Waals surface area contributed by atoms with Gasteiger partial charge in [0, 0.05) is 38.6 Å². The van der Waals surface area contributed by atoms with E-state index in [1.165, 1.54) is 0 Å². The summed E-state index contributed by atoms with van der Waals surface area (Å²) in [6.45, 7) is 10.9. The molecule has 6 nitrogen and oxygen atoms in total. The topological polar surface area (TPSA) is 69.9 Å². The van der Waals surface area contributed by atoms with Gasteiger partial charge in [0.15, 0.2) is 0 Å². The smallest absolute Gasteiger partial charge is 0.236 e. The summed E-state index contributed by atoms with van der Waals surface area (Å²) < 4.78 is 0. The van der Waals surface area contributed by atoms with Gasteiger partial charge in [-0.25, -0.2) is 0 Å². The number of carbonyl (C=O) groups excluding carboxylic acids is 2. The Labute approximate surface area is 128 Å². The molecule has 6 heteroatoms. The van der Waals surface area contributed by atoms with E-state index in [9.17, 15) is 9.59 Å². The Kier molecular flexibility index (Phi) is 7.67. The zero-order valence-corrected chi connectivity index (χ0v) is 13.7. The van der Waals surface area contributed by atoms with E-state index in [0.29, 0.717) is 39.1 Å². The second-order valence-electron chi connectivity index (χ2n) is 5.74. The largest absolute Gasteiger partial charge is 0.339 e. The lowest BCUT2D eigenvalue weighted by atomic mass is 10.1. The van der Waals surface area contributed by atoms with Crippen LogP contribution in [0.1, 0.15) is 33.6 Å². The summed E-state index contributed by atoms with van der Waals surface area (Å²) in [6.07, 6.45) is 1.23. The van der Waals surface area contributed by atoms with E-state index >= 15 is 0 Å². The Hall–Kier alpha value is -1.14. The molecule has 1 heterocycles.